The van der Waals surface area contributed by atoms with E-state index in [1.807, 2.05) is 18.2 Å². The first-order valence-electron chi connectivity index (χ1n) is 6.64. The van der Waals surface area contributed by atoms with Crippen LogP contribution in [-0.4, -0.2) is 26.2 Å². The second kappa shape index (κ2) is 4.37. The molecule has 0 aromatic heterocycles. The Balaban J connectivity index is 1.77. The smallest absolute Gasteiger partial charge is 0.323 e. The number of nitrogens with two attached hydrogens (primary N) is 1. The minimum absolute atomic E-state index is 0.0695. The summed E-state index contributed by atoms with van der Waals surface area (Å²) in [6.45, 7) is 0. The van der Waals surface area contributed by atoms with E-state index in [9.17, 15) is 4.79 Å². The molecule has 3 saturated carbocycles. The lowest BCUT2D eigenvalue weighted by atomic mass is 9.31. The van der Waals surface area contributed by atoms with Crippen molar-refractivity contribution in [3.63, 3.8) is 0 Å². The number of rotatable bonds is 4. The highest BCUT2D eigenvalue weighted by atomic mass is 35.5. The van der Waals surface area contributed by atoms with Gasteiger partial charge in [-0.25, -0.2) is 0 Å². The average Bonchev–Trinajstić information content (AvgIpc) is 2.36. The minimum atomic E-state index is -0.511. The molecule has 0 saturated heterocycles. The first-order valence-corrected chi connectivity index (χ1v) is 7.02. The summed E-state index contributed by atoms with van der Waals surface area (Å²) in [6, 6.07) is 5.39. The van der Waals surface area contributed by atoms with Crippen LogP contribution in [0.15, 0.2) is 18.2 Å². The Morgan fingerprint density at radius 1 is 1.35 bits per heavy atom. The molecule has 3 aliphatic carbocycles. The molecule has 108 valence electrons. The maximum atomic E-state index is 11.6. The second-order valence-corrected chi connectivity index (χ2v) is 6.43. The van der Waals surface area contributed by atoms with Crippen molar-refractivity contribution >= 4 is 17.6 Å². The molecule has 0 aliphatic heterocycles. The first kappa shape index (κ1) is 13.7. The monoisotopic (exact) mass is 295 g/mol. The maximum absolute atomic E-state index is 11.6. The van der Waals surface area contributed by atoms with Gasteiger partial charge in [0.05, 0.1) is 19.2 Å². The van der Waals surface area contributed by atoms with Gasteiger partial charge >= 0.3 is 5.97 Å². The molecular formula is C15H18ClNO3. The molecule has 4 rings (SSSR count). The summed E-state index contributed by atoms with van der Waals surface area (Å²) in [5, 5.41) is 0.615. The van der Waals surface area contributed by atoms with Crippen LogP contribution in [0.3, 0.4) is 0 Å². The van der Waals surface area contributed by atoms with E-state index in [1.54, 1.807) is 7.11 Å². The van der Waals surface area contributed by atoms with E-state index in [4.69, 9.17) is 26.8 Å². The predicted molar refractivity (Wildman–Crippen MR) is 76.0 cm³/mol. The van der Waals surface area contributed by atoms with E-state index in [0.29, 0.717) is 10.8 Å². The fraction of sp³-hybridized carbons (Fsp3) is 0.533. The molecule has 3 fully saturated rings. The van der Waals surface area contributed by atoms with Crippen LogP contribution in [0.25, 0.3) is 0 Å². The van der Waals surface area contributed by atoms with Gasteiger partial charge in [0.1, 0.15) is 11.8 Å². The molecule has 1 aromatic rings. The molecule has 2 bridgehead atoms. The van der Waals surface area contributed by atoms with Crippen LogP contribution in [0, 0.1) is 5.41 Å². The van der Waals surface area contributed by atoms with Crippen LogP contribution in [0.4, 0.5) is 0 Å². The van der Waals surface area contributed by atoms with Crippen LogP contribution >= 0.6 is 11.6 Å². The molecule has 1 aromatic carbocycles. The number of ether oxygens (including phenoxy) is 2. The number of methoxy groups -OCH3 is 2. The highest BCUT2D eigenvalue weighted by Gasteiger charge is 2.71. The Bertz CT molecular complexity index is 552. The van der Waals surface area contributed by atoms with E-state index in [2.05, 4.69) is 0 Å². The third-order valence-electron chi connectivity index (χ3n) is 4.95. The highest BCUT2D eigenvalue weighted by Crippen LogP contribution is 2.74. The van der Waals surface area contributed by atoms with Crippen molar-refractivity contribution in [3.05, 3.63) is 28.8 Å². The summed E-state index contributed by atoms with van der Waals surface area (Å²) < 4.78 is 10.0. The number of halogens is 1. The van der Waals surface area contributed by atoms with Gasteiger partial charge in [-0.05, 0) is 47.8 Å². The Morgan fingerprint density at radius 2 is 2.00 bits per heavy atom. The van der Waals surface area contributed by atoms with Gasteiger partial charge in [0.25, 0.3) is 0 Å². The van der Waals surface area contributed by atoms with Crippen molar-refractivity contribution in [1.29, 1.82) is 0 Å². The highest BCUT2D eigenvalue weighted by molar-refractivity contribution is 6.32. The van der Waals surface area contributed by atoms with Crippen molar-refractivity contribution < 1.29 is 14.3 Å². The number of esters is 1. The van der Waals surface area contributed by atoms with E-state index < -0.39 is 6.04 Å². The normalized spacial score (nSPS) is 31.8. The van der Waals surface area contributed by atoms with E-state index >= 15 is 0 Å². The van der Waals surface area contributed by atoms with Gasteiger partial charge in [0, 0.05) is 0 Å². The molecule has 0 amide bonds. The van der Waals surface area contributed by atoms with Crippen LogP contribution in [0.2, 0.25) is 5.02 Å². The number of carbonyl (C=O) groups excluding carboxylic acids is 1. The Hall–Kier alpha value is -1.26. The SMILES string of the molecule is COC(=O)C(N)C12CC(c3ccc(Cl)c(OC)c3)(C1)C2. The van der Waals surface area contributed by atoms with E-state index in [1.165, 1.54) is 12.7 Å². The molecular weight excluding hydrogens is 278 g/mol. The second-order valence-electron chi connectivity index (χ2n) is 6.02. The zero-order chi connectivity index (χ0) is 14.5. The summed E-state index contributed by atoms with van der Waals surface area (Å²) in [5.74, 6) is 0.382. The zero-order valence-electron chi connectivity index (χ0n) is 11.6. The third-order valence-corrected chi connectivity index (χ3v) is 5.26. The van der Waals surface area contributed by atoms with Gasteiger partial charge in [-0.3, -0.25) is 4.79 Å². The Morgan fingerprint density at radius 3 is 2.55 bits per heavy atom. The molecule has 2 N–H and O–H groups in total. The summed E-state index contributed by atoms with van der Waals surface area (Å²) in [6.07, 6.45) is 2.79. The standard InChI is InChI=1S/C15H18ClNO3/c1-19-11-5-9(3-4-10(11)16)14-6-15(7-14,8-14)12(17)13(18)20-2/h3-5,12H,6-8,17H2,1-2H3. The van der Waals surface area contributed by atoms with Crippen molar-refractivity contribution in [2.45, 2.75) is 30.7 Å². The zero-order valence-corrected chi connectivity index (χ0v) is 12.4. The van der Waals surface area contributed by atoms with Gasteiger partial charge < -0.3 is 15.2 Å². The first-order chi connectivity index (χ1) is 9.46. The van der Waals surface area contributed by atoms with Crippen molar-refractivity contribution in [2.75, 3.05) is 14.2 Å². The Labute approximate surface area is 123 Å². The minimum Gasteiger partial charge on any atom is -0.495 e. The van der Waals surface area contributed by atoms with Crippen LogP contribution < -0.4 is 10.5 Å². The van der Waals surface area contributed by atoms with E-state index in [0.717, 1.165) is 19.3 Å². The number of carbonyl (C=O) groups is 1. The summed E-state index contributed by atoms with van der Waals surface area (Å²) in [7, 11) is 3.00. The molecule has 3 aliphatic rings. The van der Waals surface area contributed by atoms with Gasteiger partial charge in [0.15, 0.2) is 0 Å². The number of hydrogen-bond acceptors (Lipinski definition) is 4. The van der Waals surface area contributed by atoms with Crippen LogP contribution in [-0.2, 0) is 14.9 Å². The molecule has 20 heavy (non-hydrogen) atoms. The van der Waals surface area contributed by atoms with Gasteiger partial charge in [-0.1, -0.05) is 17.7 Å². The average molecular weight is 296 g/mol. The topological polar surface area (TPSA) is 61.5 Å². The summed E-state index contributed by atoms with van der Waals surface area (Å²) in [5.41, 5.74) is 7.29. The quantitative estimate of drug-likeness (QED) is 0.866. The third kappa shape index (κ3) is 1.68. The van der Waals surface area contributed by atoms with E-state index in [-0.39, 0.29) is 16.8 Å². The van der Waals surface area contributed by atoms with Crippen molar-refractivity contribution in [1.82, 2.24) is 0 Å². The van der Waals surface area contributed by atoms with Gasteiger partial charge in [-0.15, -0.1) is 0 Å². The van der Waals surface area contributed by atoms with Gasteiger partial charge in [-0.2, -0.15) is 0 Å². The molecule has 4 nitrogen and oxygen atoms in total. The summed E-state index contributed by atoms with van der Waals surface area (Å²) in [4.78, 5) is 11.6. The number of hydrogen-bond donors (Lipinski definition) is 1. The summed E-state index contributed by atoms with van der Waals surface area (Å²) >= 11 is 6.05. The van der Waals surface area contributed by atoms with Crippen LogP contribution in [0.5, 0.6) is 5.75 Å². The van der Waals surface area contributed by atoms with Crippen molar-refractivity contribution in [3.8, 4) is 5.75 Å². The molecule has 5 heteroatoms. The largest absolute Gasteiger partial charge is 0.495 e. The molecule has 0 spiro atoms. The maximum Gasteiger partial charge on any atom is 0.323 e. The van der Waals surface area contributed by atoms with Gasteiger partial charge in [0.2, 0.25) is 0 Å². The van der Waals surface area contributed by atoms with Crippen LogP contribution in [0.1, 0.15) is 24.8 Å². The fourth-order valence-electron chi connectivity index (χ4n) is 3.87. The molecule has 0 radical (unpaired) electrons. The lowest BCUT2D eigenvalue weighted by molar-refractivity contribution is -0.181. The fourth-order valence-corrected chi connectivity index (χ4v) is 4.06. The predicted octanol–water partition coefficient (Wildman–Crippen LogP) is 2.27. The lowest BCUT2D eigenvalue weighted by Crippen LogP contribution is -2.72. The lowest BCUT2D eigenvalue weighted by Gasteiger charge is -2.72. The number of benzene rings is 1. The van der Waals surface area contributed by atoms with Crippen molar-refractivity contribution in [2.24, 2.45) is 11.1 Å². The molecule has 0 heterocycles. The molecule has 1 atom stereocenters. The Kier molecular flexibility index (Phi) is 2.99. The molecule has 1 unspecified atom stereocenters.